The van der Waals surface area contributed by atoms with Gasteiger partial charge in [0, 0.05) is 19.6 Å². The Balaban J connectivity index is 1.73. The Morgan fingerprint density at radius 3 is 2.41 bits per heavy atom. The molecule has 4 rings (SSSR count). The second kappa shape index (κ2) is 4.61. The number of carbonyl (C=O) groups excluding carboxylic acids is 3. The molecule has 3 aliphatic heterocycles. The molecule has 3 heterocycles. The fourth-order valence-corrected chi connectivity index (χ4v) is 4.01. The first-order valence-electron chi connectivity index (χ1n) is 7.43. The molecule has 0 aromatic heterocycles. The van der Waals surface area contributed by atoms with Crippen LogP contribution in [0.2, 0.25) is 0 Å². The minimum Gasteiger partial charge on any atom is -0.293 e. The molecule has 0 N–H and O–H groups in total. The van der Waals surface area contributed by atoms with Crippen LogP contribution >= 0.6 is 0 Å². The highest BCUT2D eigenvalue weighted by Gasteiger charge is 2.63. The quantitative estimate of drug-likeness (QED) is 0.750. The number of benzene rings is 1. The van der Waals surface area contributed by atoms with E-state index in [1.807, 2.05) is 35.2 Å². The van der Waals surface area contributed by atoms with Crippen molar-refractivity contribution in [3.63, 3.8) is 0 Å². The Hall–Kier alpha value is -2.27. The molecule has 2 saturated heterocycles. The maximum absolute atomic E-state index is 12.4. The highest BCUT2D eigenvalue weighted by atomic mass is 16.2. The van der Waals surface area contributed by atoms with Crippen LogP contribution in [0.3, 0.4) is 0 Å². The minimum absolute atomic E-state index is 0.0730. The van der Waals surface area contributed by atoms with Crippen LogP contribution in [-0.2, 0) is 20.9 Å². The van der Waals surface area contributed by atoms with Crippen molar-refractivity contribution in [2.24, 2.45) is 11.8 Å². The lowest BCUT2D eigenvalue weighted by atomic mass is 9.90. The van der Waals surface area contributed by atoms with E-state index in [0.29, 0.717) is 6.54 Å². The number of carbonyl (C=O) groups is 3. The molecule has 3 aliphatic rings. The lowest BCUT2D eigenvalue weighted by Gasteiger charge is -2.32. The monoisotopic (exact) mass is 296 g/mol. The Bertz CT molecular complexity index is 697. The van der Waals surface area contributed by atoms with Crippen molar-refractivity contribution in [2.75, 3.05) is 7.05 Å². The van der Waals surface area contributed by atoms with E-state index < -0.39 is 17.9 Å². The summed E-state index contributed by atoms with van der Waals surface area (Å²) >= 11 is 0. The van der Waals surface area contributed by atoms with E-state index in [2.05, 4.69) is 0 Å². The van der Waals surface area contributed by atoms with Gasteiger partial charge in [0.25, 0.3) is 0 Å². The molecule has 4 atom stereocenters. The molecule has 22 heavy (non-hydrogen) atoms. The Morgan fingerprint density at radius 2 is 1.68 bits per heavy atom. The van der Waals surface area contributed by atoms with Gasteiger partial charge < -0.3 is 0 Å². The number of imide groups is 1. The standard InChI is InChI=1S/C17H16N2O3/c1-18-16(21)13-11-7-8-12(20)15(14(13)17(18)22)19(11)9-10-5-3-2-4-6-10/h2-8,11,13-15H,9H2,1H3/t11-,13-,14-,15?/m0/s1. The number of hydrogen-bond donors (Lipinski definition) is 0. The summed E-state index contributed by atoms with van der Waals surface area (Å²) in [5.74, 6) is -1.42. The molecule has 112 valence electrons. The van der Waals surface area contributed by atoms with Crippen molar-refractivity contribution in [1.29, 1.82) is 0 Å². The van der Waals surface area contributed by atoms with Crippen LogP contribution in [0.15, 0.2) is 42.5 Å². The molecular formula is C17H16N2O3. The lowest BCUT2D eigenvalue weighted by molar-refractivity contribution is -0.141. The first kappa shape index (κ1) is 13.4. The maximum Gasteiger partial charge on any atom is 0.234 e. The summed E-state index contributed by atoms with van der Waals surface area (Å²) in [4.78, 5) is 40.3. The fraction of sp³-hybridized carbons (Fsp3) is 0.353. The maximum atomic E-state index is 12.4. The zero-order valence-corrected chi connectivity index (χ0v) is 12.2. The molecule has 5 nitrogen and oxygen atoms in total. The first-order chi connectivity index (χ1) is 10.6. The summed E-state index contributed by atoms with van der Waals surface area (Å²) in [6.07, 6.45) is 3.33. The highest BCUT2D eigenvalue weighted by Crippen LogP contribution is 2.45. The molecule has 0 aliphatic carbocycles. The van der Waals surface area contributed by atoms with Gasteiger partial charge in [0.15, 0.2) is 5.78 Å². The van der Waals surface area contributed by atoms with Crippen molar-refractivity contribution in [3.05, 3.63) is 48.0 Å². The zero-order chi connectivity index (χ0) is 15.4. The van der Waals surface area contributed by atoms with E-state index in [0.717, 1.165) is 5.56 Å². The first-order valence-corrected chi connectivity index (χ1v) is 7.43. The minimum atomic E-state index is -0.534. The molecule has 0 saturated carbocycles. The smallest absolute Gasteiger partial charge is 0.234 e. The van der Waals surface area contributed by atoms with Gasteiger partial charge in [-0.05, 0) is 11.6 Å². The average Bonchev–Trinajstić information content (AvgIpc) is 2.88. The zero-order valence-electron chi connectivity index (χ0n) is 12.2. The topological polar surface area (TPSA) is 57.7 Å². The largest absolute Gasteiger partial charge is 0.293 e. The van der Waals surface area contributed by atoms with Crippen LogP contribution in [0.25, 0.3) is 0 Å². The van der Waals surface area contributed by atoms with E-state index in [4.69, 9.17) is 0 Å². The number of hydrogen-bond acceptors (Lipinski definition) is 4. The Morgan fingerprint density at radius 1 is 1.00 bits per heavy atom. The van der Waals surface area contributed by atoms with Gasteiger partial charge in [-0.3, -0.25) is 24.2 Å². The molecule has 5 heteroatoms. The van der Waals surface area contributed by atoms with Gasteiger partial charge in [0.1, 0.15) is 0 Å². The van der Waals surface area contributed by atoms with Crippen LogP contribution in [-0.4, -0.2) is 46.5 Å². The molecule has 0 radical (unpaired) electrons. The second-order valence-electron chi connectivity index (χ2n) is 6.14. The molecule has 2 amide bonds. The molecule has 1 aromatic carbocycles. The number of amides is 2. The Kier molecular flexibility index (Phi) is 2.81. The van der Waals surface area contributed by atoms with Crippen LogP contribution in [0, 0.1) is 11.8 Å². The molecule has 1 unspecified atom stereocenters. The fourth-order valence-electron chi connectivity index (χ4n) is 4.01. The summed E-state index contributed by atoms with van der Waals surface area (Å²) in [6, 6.07) is 9.14. The second-order valence-corrected chi connectivity index (χ2v) is 6.14. The van der Waals surface area contributed by atoms with Crippen molar-refractivity contribution in [1.82, 2.24) is 9.80 Å². The van der Waals surface area contributed by atoms with E-state index in [1.165, 1.54) is 18.0 Å². The summed E-state index contributed by atoms with van der Waals surface area (Å²) < 4.78 is 0. The van der Waals surface area contributed by atoms with Crippen LogP contribution in [0.4, 0.5) is 0 Å². The van der Waals surface area contributed by atoms with Crippen molar-refractivity contribution < 1.29 is 14.4 Å². The molecule has 2 fully saturated rings. The van der Waals surface area contributed by atoms with Gasteiger partial charge in [-0.25, -0.2) is 0 Å². The third kappa shape index (κ3) is 1.66. The van der Waals surface area contributed by atoms with Crippen LogP contribution in [0.5, 0.6) is 0 Å². The third-order valence-electron chi connectivity index (χ3n) is 5.02. The van der Waals surface area contributed by atoms with Gasteiger partial charge in [-0.15, -0.1) is 0 Å². The third-order valence-corrected chi connectivity index (χ3v) is 5.02. The predicted molar refractivity (Wildman–Crippen MR) is 78.5 cm³/mol. The van der Waals surface area contributed by atoms with Gasteiger partial charge in [0.2, 0.25) is 11.8 Å². The van der Waals surface area contributed by atoms with Crippen molar-refractivity contribution in [2.45, 2.75) is 18.6 Å². The number of fused-ring (bicyclic) bond motifs is 5. The summed E-state index contributed by atoms with van der Waals surface area (Å²) in [7, 11) is 1.51. The van der Waals surface area contributed by atoms with Crippen molar-refractivity contribution in [3.8, 4) is 0 Å². The lowest BCUT2D eigenvalue weighted by Crippen LogP contribution is -2.48. The van der Waals surface area contributed by atoms with Crippen molar-refractivity contribution >= 4 is 17.6 Å². The van der Waals surface area contributed by atoms with E-state index in [9.17, 15) is 14.4 Å². The van der Waals surface area contributed by atoms with Gasteiger partial charge in [-0.2, -0.15) is 0 Å². The average molecular weight is 296 g/mol. The Labute approximate surface area is 128 Å². The van der Waals surface area contributed by atoms with Crippen LogP contribution < -0.4 is 0 Å². The van der Waals surface area contributed by atoms with Crippen LogP contribution in [0.1, 0.15) is 5.56 Å². The van der Waals surface area contributed by atoms with Gasteiger partial charge in [-0.1, -0.05) is 36.4 Å². The molecule has 1 aromatic rings. The molecular weight excluding hydrogens is 280 g/mol. The van der Waals surface area contributed by atoms with Gasteiger partial charge >= 0.3 is 0 Å². The number of nitrogens with zero attached hydrogens (tertiary/aromatic N) is 2. The normalized spacial score (nSPS) is 33.7. The predicted octanol–water partition coefficient (Wildman–Crippen LogP) is 0.609. The summed E-state index contributed by atoms with van der Waals surface area (Å²) in [5, 5.41) is 0. The number of likely N-dealkylation sites (tertiary alicyclic amines) is 1. The van der Waals surface area contributed by atoms with Gasteiger partial charge in [0.05, 0.1) is 17.9 Å². The SMILES string of the molecule is CN1C(=O)[C@@H]2[C@H](C1=O)C1C(=O)C=C[C@@H]2N1Cc1ccccc1. The number of rotatable bonds is 2. The summed E-state index contributed by atoms with van der Waals surface area (Å²) in [5.41, 5.74) is 1.08. The number of ketones is 1. The van der Waals surface area contributed by atoms with E-state index >= 15 is 0 Å². The molecule has 2 bridgehead atoms. The van der Waals surface area contributed by atoms with E-state index in [-0.39, 0.29) is 23.6 Å². The highest BCUT2D eigenvalue weighted by molar-refractivity contribution is 6.11. The van der Waals surface area contributed by atoms with E-state index in [1.54, 1.807) is 6.08 Å². The molecule has 0 spiro atoms. The summed E-state index contributed by atoms with van der Waals surface area (Å²) in [6.45, 7) is 0.573.